The topological polar surface area (TPSA) is 33.1 Å². The number of aryl methyl sites for hydroxylation is 2. The van der Waals surface area contributed by atoms with E-state index < -0.39 is 0 Å². The second-order valence-corrected chi connectivity index (χ2v) is 5.44. The molecule has 18 heavy (non-hydrogen) atoms. The van der Waals surface area contributed by atoms with Crippen LogP contribution in [-0.4, -0.2) is 41.4 Å². The summed E-state index contributed by atoms with van der Waals surface area (Å²) in [5.74, 6) is 0. The van der Waals surface area contributed by atoms with Crippen LogP contribution in [0.15, 0.2) is 0 Å². The number of aromatic nitrogens is 2. The summed E-state index contributed by atoms with van der Waals surface area (Å²) in [6.07, 6.45) is 2.01. The summed E-state index contributed by atoms with van der Waals surface area (Å²) in [5, 5.41) is 8.73. The number of hydrogen-bond acceptors (Lipinski definition) is 3. The number of nitrogens with one attached hydrogen (secondary N) is 1. The van der Waals surface area contributed by atoms with Gasteiger partial charge in [-0.15, -0.1) is 0 Å². The number of halogens is 1. The van der Waals surface area contributed by atoms with Gasteiger partial charge in [-0.2, -0.15) is 5.10 Å². The SMILES string of the molecule is CCc1nn(C)c(CNC(C)CCN(C)C)c1Cl. The third kappa shape index (κ3) is 4.26. The lowest BCUT2D eigenvalue weighted by Gasteiger charge is -2.16. The standard InChI is InChI=1S/C13H25ClN4/c1-6-11-13(14)12(18(5)16-11)9-15-10(2)7-8-17(3)4/h10,15H,6-9H2,1-5H3. The number of rotatable bonds is 7. The van der Waals surface area contributed by atoms with Crippen LogP contribution in [0.2, 0.25) is 5.02 Å². The summed E-state index contributed by atoms with van der Waals surface area (Å²) >= 11 is 6.31. The zero-order valence-electron chi connectivity index (χ0n) is 12.1. The average molecular weight is 273 g/mol. The minimum atomic E-state index is 0.475. The Morgan fingerprint density at radius 2 is 2.11 bits per heavy atom. The maximum absolute atomic E-state index is 6.31. The van der Waals surface area contributed by atoms with Gasteiger partial charge in [-0.1, -0.05) is 18.5 Å². The summed E-state index contributed by atoms with van der Waals surface area (Å²) in [5.41, 5.74) is 2.06. The summed E-state index contributed by atoms with van der Waals surface area (Å²) in [6, 6.07) is 0.475. The molecule has 1 rings (SSSR count). The van der Waals surface area contributed by atoms with Crippen molar-refractivity contribution < 1.29 is 0 Å². The first-order valence-corrected chi connectivity index (χ1v) is 6.91. The molecule has 0 bridgehead atoms. The fraction of sp³-hybridized carbons (Fsp3) is 0.769. The molecule has 0 aliphatic heterocycles. The van der Waals surface area contributed by atoms with Crippen molar-refractivity contribution in [3.05, 3.63) is 16.4 Å². The van der Waals surface area contributed by atoms with Crippen LogP contribution in [0.3, 0.4) is 0 Å². The highest BCUT2D eigenvalue weighted by atomic mass is 35.5. The minimum Gasteiger partial charge on any atom is -0.309 e. The van der Waals surface area contributed by atoms with Gasteiger partial charge in [-0.25, -0.2) is 0 Å². The monoisotopic (exact) mass is 272 g/mol. The minimum absolute atomic E-state index is 0.475. The number of nitrogens with zero attached hydrogens (tertiary/aromatic N) is 3. The van der Waals surface area contributed by atoms with Gasteiger partial charge >= 0.3 is 0 Å². The Bertz CT molecular complexity index is 373. The van der Waals surface area contributed by atoms with Crippen LogP contribution in [0.5, 0.6) is 0 Å². The first kappa shape index (κ1) is 15.5. The van der Waals surface area contributed by atoms with E-state index >= 15 is 0 Å². The molecule has 5 heteroatoms. The van der Waals surface area contributed by atoms with Crippen LogP contribution in [0, 0.1) is 0 Å². The summed E-state index contributed by atoms with van der Waals surface area (Å²) in [7, 11) is 6.14. The van der Waals surface area contributed by atoms with E-state index in [9.17, 15) is 0 Å². The maximum atomic E-state index is 6.31. The van der Waals surface area contributed by atoms with Gasteiger partial charge in [0, 0.05) is 19.6 Å². The largest absolute Gasteiger partial charge is 0.309 e. The summed E-state index contributed by atoms with van der Waals surface area (Å²) in [4.78, 5) is 2.20. The van der Waals surface area contributed by atoms with Crippen molar-refractivity contribution in [3.63, 3.8) is 0 Å². The Morgan fingerprint density at radius 3 is 2.61 bits per heavy atom. The molecule has 0 saturated heterocycles. The Labute approximate surface area is 115 Å². The second-order valence-electron chi connectivity index (χ2n) is 5.06. The maximum Gasteiger partial charge on any atom is 0.0863 e. The van der Waals surface area contributed by atoms with E-state index in [4.69, 9.17) is 11.6 Å². The van der Waals surface area contributed by atoms with Crippen molar-refractivity contribution in [2.75, 3.05) is 20.6 Å². The van der Waals surface area contributed by atoms with E-state index in [0.29, 0.717) is 6.04 Å². The van der Waals surface area contributed by atoms with Gasteiger partial charge in [0.05, 0.1) is 16.4 Å². The first-order chi connectivity index (χ1) is 8.45. The van der Waals surface area contributed by atoms with Crippen LogP contribution in [0.4, 0.5) is 0 Å². The molecule has 0 radical (unpaired) electrons. The molecule has 4 nitrogen and oxygen atoms in total. The lowest BCUT2D eigenvalue weighted by molar-refractivity contribution is 0.364. The van der Waals surface area contributed by atoms with Crippen molar-refractivity contribution in [1.29, 1.82) is 0 Å². The zero-order chi connectivity index (χ0) is 13.7. The number of hydrogen-bond donors (Lipinski definition) is 1. The second kappa shape index (κ2) is 7.12. The molecule has 1 aromatic heterocycles. The van der Waals surface area contributed by atoms with Crippen LogP contribution >= 0.6 is 11.6 Å². The molecular formula is C13H25ClN4. The molecule has 0 fully saturated rings. The van der Waals surface area contributed by atoms with Crippen LogP contribution in [0.25, 0.3) is 0 Å². The van der Waals surface area contributed by atoms with Crippen molar-refractivity contribution in [2.24, 2.45) is 7.05 Å². The predicted octanol–water partition coefficient (Wildman–Crippen LogP) is 2.07. The third-order valence-corrected chi connectivity index (χ3v) is 3.57. The molecular weight excluding hydrogens is 248 g/mol. The molecule has 1 heterocycles. The predicted molar refractivity (Wildman–Crippen MR) is 77.1 cm³/mol. The van der Waals surface area contributed by atoms with E-state index in [1.807, 2.05) is 11.7 Å². The van der Waals surface area contributed by atoms with Crippen molar-refractivity contribution in [3.8, 4) is 0 Å². The Balaban J connectivity index is 2.50. The summed E-state index contributed by atoms with van der Waals surface area (Å²) in [6.45, 7) is 6.14. The molecule has 0 spiro atoms. The molecule has 0 aliphatic carbocycles. The molecule has 104 valence electrons. The van der Waals surface area contributed by atoms with Crippen LogP contribution in [-0.2, 0) is 20.0 Å². The Hall–Kier alpha value is -0.580. The lowest BCUT2D eigenvalue weighted by atomic mass is 10.2. The van der Waals surface area contributed by atoms with Crippen molar-refractivity contribution in [1.82, 2.24) is 20.0 Å². The average Bonchev–Trinajstić information content (AvgIpc) is 2.59. The molecule has 0 saturated carbocycles. The Morgan fingerprint density at radius 1 is 1.44 bits per heavy atom. The van der Waals surface area contributed by atoms with Crippen molar-refractivity contribution in [2.45, 2.75) is 39.3 Å². The van der Waals surface area contributed by atoms with Crippen LogP contribution < -0.4 is 5.32 Å². The van der Waals surface area contributed by atoms with Gasteiger partial charge < -0.3 is 10.2 Å². The molecule has 1 N–H and O–H groups in total. The van der Waals surface area contributed by atoms with E-state index in [2.05, 4.69) is 43.3 Å². The fourth-order valence-corrected chi connectivity index (χ4v) is 2.20. The zero-order valence-corrected chi connectivity index (χ0v) is 12.9. The fourth-order valence-electron chi connectivity index (χ4n) is 1.84. The van der Waals surface area contributed by atoms with Gasteiger partial charge in [0.25, 0.3) is 0 Å². The highest BCUT2D eigenvalue weighted by Gasteiger charge is 2.13. The highest BCUT2D eigenvalue weighted by Crippen LogP contribution is 2.20. The smallest absolute Gasteiger partial charge is 0.0863 e. The van der Waals surface area contributed by atoms with E-state index in [1.54, 1.807) is 0 Å². The van der Waals surface area contributed by atoms with Gasteiger partial charge in [0.2, 0.25) is 0 Å². The Kier molecular flexibility index (Phi) is 6.12. The van der Waals surface area contributed by atoms with Gasteiger partial charge in [-0.05, 0) is 40.4 Å². The van der Waals surface area contributed by atoms with E-state index in [1.165, 1.54) is 0 Å². The molecule has 0 aromatic carbocycles. The normalized spacial score (nSPS) is 13.3. The quantitative estimate of drug-likeness (QED) is 0.825. The summed E-state index contributed by atoms with van der Waals surface area (Å²) < 4.78 is 1.88. The molecule has 0 amide bonds. The molecule has 1 aromatic rings. The van der Waals surface area contributed by atoms with Gasteiger partial charge in [-0.3, -0.25) is 4.68 Å². The molecule has 1 atom stereocenters. The highest BCUT2D eigenvalue weighted by molar-refractivity contribution is 6.31. The molecule has 0 aliphatic rings. The van der Waals surface area contributed by atoms with Crippen LogP contribution in [0.1, 0.15) is 31.7 Å². The lowest BCUT2D eigenvalue weighted by Crippen LogP contribution is -2.30. The first-order valence-electron chi connectivity index (χ1n) is 6.54. The van der Waals surface area contributed by atoms with E-state index in [-0.39, 0.29) is 0 Å². The van der Waals surface area contributed by atoms with E-state index in [0.717, 1.165) is 42.3 Å². The van der Waals surface area contributed by atoms with Gasteiger partial charge in [0.1, 0.15) is 0 Å². The third-order valence-electron chi connectivity index (χ3n) is 3.13. The van der Waals surface area contributed by atoms with Crippen molar-refractivity contribution >= 4 is 11.6 Å². The molecule has 1 unspecified atom stereocenters. The van der Waals surface area contributed by atoms with Gasteiger partial charge in [0.15, 0.2) is 0 Å².